The van der Waals surface area contributed by atoms with Crippen LogP contribution in [0, 0.1) is 17.8 Å². The summed E-state index contributed by atoms with van der Waals surface area (Å²) in [4.78, 5) is 0. The molecule has 110 valence electrons. The molecule has 0 aliphatic heterocycles. The van der Waals surface area contributed by atoms with Gasteiger partial charge in [-0.25, -0.2) is 0 Å². The third-order valence-electron chi connectivity index (χ3n) is 5.97. The molecule has 4 heteroatoms. The van der Waals surface area contributed by atoms with Crippen LogP contribution < -0.4 is 5.73 Å². The molecule has 4 nitrogen and oxygen atoms in total. The molecule has 2 N–H and O–H groups in total. The Balaban J connectivity index is 1.75. The van der Waals surface area contributed by atoms with Crippen LogP contribution in [0.15, 0.2) is 0 Å². The van der Waals surface area contributed by atoms with Crippen molar-refractivity contribution in [3.63, 3.8) is 0 Å². The van der Waals surface area contributed by atoms with E-state index in [-0.39, 0.29) is 0 Å². The van der Waals surface area contributed by atoms with E-state index in [2.05, 4.69) is 21.7 Å². The van der Waals surface area contributed by atoms with Crippen LogP contribution in [0.2, 0.25) is 0 Å². The van der Waals surface area contributed by atoms with E-state index in [4.69, 9.17) is 5.73 Å². The van der Waals surface area contributed by atoms with Crippen molar-refractivity contribution < 1.29 is 0 Å². The number of nitrogens with two attached hydrogens (primary N) is 1. The largest absolute Gasteiger partial charge is 0.324 e. The smallest absolute Gasteiger partial charge is 0.146 e. The van der Waals surface area contributed by atoms with E-state index >= 15 is 0 Å². The van der Waals surface area contributed by atoms with Gasteiger partial charge >= 0.3 is 0 Å². The predicted octanol–water partition coefficient (Wildman–Crippen LogP) is 2.61. The van der Waals surface area contributed by atoms with Crippen LogP contribution in [0.5, 0.6) is 0 Å². The maximum absolute atomic E-state index is 5.86. The normalized spacial score (nSPS) is 38.6. The Labute approximate surface area is 121 Å². The quantitative estimate of drug-likeness (QED) is 0.918. The van der Waals surface area contributed by atoms with Gasteiger partial charge < -0.3 is 10.3 Å². The minimum Gasteiger partial charge on any atom is -0.324 e. The molecule has 1 heterocycles. The molecule has 4 saturated carbocycles. The predicted molar refractivity (Wildman–Crippen MR) is 78.1 cm³/mol. The Kier molecular flexibility index (Phi) is 2.92. The fraction of sp³-hybridized carbons (Fsp3) is 0.875. The highest BCUT2D eigenvalue weighted by Crippen LogP contribution is 2.60. The van der Waals surface area contributed by atoms with Crippen molar-refractivity contribution in [1.82, 2.24) is 14.8 Å². The van der Waals surface area contributed by atoms with Gasteiger partial charge in [0.1, 0.15) is 11.6 Å². The van der Waals surface area contributed by atoms with Crippen LogP contribution in [0.1, 0.15) is 63.5 Å². The van der Waals surface area contributed by atoms with Gasteiger partial charge in [-0.1, -0.05) is 6.92 Å². The van der Waals surface area contributed by atoms with Gasteiger partial charge in [0.15, 0.2) is 0 Å². The molecule has 0 spiro atoms. The summed E-state index contributed by atoms with van der Waals surface area (Å²) in [5.41, 5.74) is 6.20. The van der Waals surface area contributed by atoms with Gasteiger partial charge in [0, 0.05) is 12.0 Å². The van der Waals surface area contributed by atoms with Crippen LogP contribution in [-0.4, -0.2) is 14.8 Å². The summed E-state index contributed by atoms with van der Waals surface area (Å²) in [5.74, 6) is 5.12. The second-order valence-corrected chi connectivity index (χ2v) is 7.49. The van der Waals surface area contributed by atoms with Crippen molar-refractivity contribution in [3.05, 3.63) is 11.6 Å². The molecule has 0 saturated heterocycles. The molecule has 0 unspecified atom stereocenters. The third kappa shape index (κ3) is 1.77. The molecule has 4 aliphatic rings. The molecule has 20 heavy (non-hydrogen) atoms. The van der Waals surface area contributed by atoms with Crippen molar-refractivity contribution in [1.29, 1.82) is 0 Å². The SMILES string of the molecule is CCCn1c(CN)nnc1C12CC3CC(CC(C3)C1)C2. The Bertz CT molecular complexity index is 469. The highest BCUT2D eigenvalue weighted by atomic mass is 15.3. The molecular weight excluding hydrogens is 248 g/mol. The zero-order chi connectivity index (χ0) is 13.7. The molecule has 1 aromatic heterocycles. The minimum atomic E-state index is 0.338. The first-order chi connectivity index (χ1) is 9.74. The molecule has 4 aliphatic carbocycles. The van der Waals surface area contributed by atoms with Crippen LogP contribution in [0.25, 0.3) is 0 Å². The summed E-state index contributed by atoms with van der Waals surface area (Å²) >= 11 is 0. The van der Waals surface area contributed by atoms with Gasteiger partial charge in [-0.15, -0.1) is 10.2 Å². The zero-order valence-corrected chi connectivity index (χ0v) is 12.5. The van der Waals surface area contributed by atoms with Crippen LogP contribution >= 0.6 is 0 Å². The summed E-state index contributed by atoms with van der Waals surface area (Å²) in [6.45, 7) is 3.76. The van der Waals surface area contributed by atoms with E-state index in [1.54, 1.807) is 0 Å². The van der Waals surface area contributed by atoms with E-state index in [0.29, 0.717) is 12.0 Å². The highest BCUT2D eigenvalue weighted by molar-refractivity contribution is 5.18. The maximum Gasteiger partial charge on any atom is 0.146 e. The van der Waals surface area contributed by atoms with E-state index in [0.717, 1.165) is 36.5 Å². The van der Waals surface area contributed by atoms with Gasteiger partial charge in [-0.2, -0.15) is 0 Å². The van der Waals surface area contributed by atoms with Gasteiger partial charge in [-0.05, 0) is 62.7 Å². The lowest BCUT2D eigenvalue weighted by Gasteiger charge is -2.56. The topological polar surface area (TPSA) is 56.7 Å². The second-order valence-electron chi connectivity index (χ2n) is 7.49. The summed E-state index contributed by atoms with van der Waals surface area (Å²) in [6, 6.07) is 0. The van der Waals surface area contributed by atoms with Crippen LogP contribution in [-0.2, 0) is 18.5 Å². The molecule has 0 atom stereocenters. The molecule has 5 rings (SSSR count). The number of hydrogen-bond donors (Lipinski definition) is 1. The lowest BCUT2D eigenvalue weighted by Crippen LogP contribution is -2.49. The van der Waals surface area contributed by atoms with Gasteiger partial charge in [0.05, 0.1) is 6.54 Å². The monoisotopic (exact) mass is 274 g/mol. The number of aromatic nitrogens is 3. The average molecular weight is 274 g/mol. The third-order valence-corrected chi connectivity index (χ3v) is 5.97. The summed E-state index contributed by atoms with van der Waals surface area (Å²) in [7, 11) is 0. The fourth-order valence-electron chi connectivity index (χ4n) is 5.72. The zero-order valence-electron chi connectivity index (χ0n) is 12.5. The summed E-state index contributed by atoms with van der Waals surface area (Å²) in [6.07, 6.45) is 9.62. The van der Waals surface area contributed by atoms with E-state index in [1.165, 1.54) is 44.3 Å². The Morgan fingerprint density at radius 1 is 1.10 bits per heavy atom. The number of nitrogens with zero attached hydrogens (tertiary/aromatic N) is 3. The Hall–Kier alpha value is -0.900. The second kappa shape index (κ2) is 4.55. The van der Waals surface area contributed by atoms with Crippen LogP contribution in [0.4, 0.5) is 0 Å². The Morgan fingerprint density at radius 2 is 1.70 bits per heavy atom. The average Bonchev–Trinajstić information content (AvgIpc) is 2.81. The standard InChI is InChI=1S/C16H26N4/c1-2-3-20-14(10-17)18-19-15(20)16-7-11-4-12(8-16)6-13(5-11)9-16/h11-13H,2-10,17H2,1H3. The first kappa shape index (κ1) is 12.8. The number of hydrogen-bond acceptors (Lipinski definition) is 3. The van der Waals surface area contributed by atoms with Crippen molar-refractivity contribution >= 4 is 0 Å². The van der Waals surface area contributed by atoms with Crippen molar-refractivity contribution in [2.45, 2.75) is 70.4 Å². The first-order valence-electron chi connectivity index (χ1n) is 8.36. The molecule has 0 radical (unpaired) electrons. The first-order valence-corrected chi connectivity index (χ1v) is 8.36. The number of rotatable bonds is 4. The van der Waals surface area contributed by atoms with Gasteiger partial charge in [-0.3, -0.25) is 0 Å². The highest BCUT2D eigenvalue weighted by Gasteiger charge is 2.53. The van der Waals surface area contributed by atoms with Gasteiger partial charge in [0.25, 0.3) is 0 Å². The van der Waals surface area contributed by atoms with Crippen molar-refractivity contribution in [2.75, 3.05) is 0 Å². The van der Waals surface area contributed by atoms with E-state index in [9.17, 15) is 0 Å². The summed E-state index contributed by atoms with van der Waals surface area (Å²) in [5, 5.41) is 9.03. The fourth-order valence-corrected chi connectivity index (χ4v) is 5.72. The molecule has 0 amide bonds. The summed E-state index contributed by atoms with van der Waals surface area (Å²) < 4.78 is 2.35. The Morgan fingerprint density at radius 3 is 2.20 bits per heavy atom. The maximum atomic E-state index is 5.86. The van der Waals surface area contributed by atoms with Gasteiger partial charge in [0.2, 0.25) is 0 Å². The molecule has 1 aromatic rings. The van der Waals surface area contributed by atoms with Crippen molar-refractivity contribution in [3.8, 4) is 0 Å². The molecular formula is C16H26N4. The van der Waals surface area contributed by atoms with Crippen molar-refractivity contribution in [2.24, 2.45) is 23.5 Å². The molecule has 0 aromatic carbocycles. The van der Waals surface area contributed by atoms with Crippen LogP contribution in [0.3, 0.4) is 0 Å². The lowest BCUT2D eigenvalue weighted by molar-refractivity contribution is -0.0112. The lowest BCUT2D eigenvalue weighted by atomic mass is 9.49. The van der Waals surface area contributed by atoms with E-state index in [1.807, 2.05) is 0 Å². The van der Waals surface area contributed by atoms with E-state index < -0.39 is 0 Å². The minimum absolute atomic E-state index is 0.338. The molecule has 4 fully saturated rings. The molecule has 4 bridgehead atoms.